The summed E-state index contributed by atoms with van der Waals surface area (Å²) >= 11 is 0. The summed E-state index contributed by atoms with van der Waals surface area (Å²) < 4.78 is 8.24. The molecule has 0 atom stereocenters. The van der Waals surface area contributed by atoms with Crippen LogP contribution < -0.4 is 0 Å². The van der Waals surface area contributed by atoms with Crippen LogP contribution >= 0.6 is 0 Å². The summed E-state index contributed by atoms with van der Waals surface area (Å²) in [7, 11) is 0. The number of hydrogen-bond donors (Lipinski definition) is 0. The lowest BCUT2D eigenvalue weighted by atomic mass is 9.95. The van der Waals surface area contributed by atoms with Gasteiger partial charge in [-0.05, 0) is 47.5 Å². The Kier molecular flexibility index (Phi) is 4.96. The van der Waals surface area contributed by atoms with Crippen LogP contribution in [0, 0.1) is 0 Å². The molecule has 4 aromatic heterocycles. The molecule has 8 aromatic rings. The second kappa shape index (κ2) is 8.92. The molecule has 190 valence electrons. The van der Waals surface area contributed by atoms with Gasteiger partial charge in [-0.3, -0.25) is 0 Å². The Morgan fingerprint density at radius 3 is 1.10 bits per heavy atom. The number of benzene rings is 4. The van der Waals surface area contributed by atoms with Gasteiger partial charge < -0.3 is 18.3 Å². The summed E-state index contributed by atoms with van der Waals surface area (Å²) in [4.78, 5) is 17.3. The fourth-order valence-corrected chi connectivity index (χ4v) is 5.52. The smallest absolute Gasteiger partial charge is 0.0991 e. The van der Waals surface area contributed by atoms with E-state index in [0.29, 0.717) is 0 Å². The van der Waals surface area contributed by atoms with Crippen molar-refractivity contribution in [3.8, 4) is 33.9 Å². The number of hydrogen-bond acceptors (Lipinski definition) is 4. The first-order valence-electron chi connectivity index (χ1n) is 12.9. The van der Waals surface area contributed by atoms with Crippen molar-refractivity contribution in [1.82, 2.24) is 38.2 Å². The summed E-state index contributed by atoms with van der Waals surface area (Å²) in [5.41, 5.74) is 6.42. The molecule has 4 heterocycles. The van der Waals surface area contributed by atoms with Gasteiger partial charge >= 0.3 is 0 Å². The van der Waals surface area contributed by atoms with Gasteiger partial charge in [-0.1, -0.05) is 24.3 Å². The molecule has 0 radical (unpaired) electrons. The van der Waals surface area contributed by atoms with Crippen LogP contribution in [0.5, 0.6) is 0 Å². The predicted octanol–water partition coefficient (Wildman–Crippen LogP) is 6.40. The van der Waals surface area contributed by atoms with E-state index in [-0.39, 0.29) is 0 Å². The maximum absolute atomic E-state index is 4.34. The van der Waals surface area contributed by atoms with E-state index >= 15 is 0 Å². The topological polar surface area (TPSA) is 71.3 Å². The minimum absolute atomic E-state index is 1.05. The van der Waals surface area contributed by atoms with Crippen LogP contribution in [0.25, 0.3) is 55.4 Å². The molecule has 0 aliphatic rings. The van der Waals surface area contributed by atoms with Gasteiger partial charge in [0.15, 0.2) is 0 Å². The van der Waals surface area contributed by atoms with Gasteiger partial charge in [0.2, 0.25) is 0 Å². The lowest BCUT2D eigenvalue weighted by molar-refractivity contribution is 1.06. The Bertz CT molecular complexity index is 1930. The maximum Gasteiger partial charge on any atom is 0.0991 e. The Hall–Kier alpha value is -5.76. The van der Waals surface area contributed by atoms with E-state index in [2.05, 4.69) is 98.9 Å². The van der Waals surface area contributed by atoms with Crippen molar-refractivity contribution in [2.24, 2.45) is 0 Å². The number of nitrogens with zero attached hydrogens (tertiary/aromatic N) is 8. The van der Waals surface area contributed by atoms with Crippen molar-refractivity contribution in [1.29, 1.82) is 0 Å². The highest BCUT2D eigenvalue weighted by atomic mass is 15.0. The van der Waals surface area contributed by atoms with Crippen LogP contribution in [0.2, 0.25) is 0 Å². The second-order valence-electron chi connectivity index (χ2n) is 9.62. The molecule has 0 aliphatic carbocycles. The van der Waals surface area contributed by atoms with Crippen molar-refractivity contribution >= 4 is 21.5 Å². The van der Waals surface area contributed by atoms with Gasteiger partial charge in [-0.2, -0.15) is 0 Å². The molecule has 40 heavy (non-hydrogen) atoms. The number of aromatic nitrogens is 8. The van der Waals surface area contributed by atoms with Gasteiger partial charge in [-0.25, -0.2) is 19.9 Å². The summed E-state index contributed by atoms with van der Waals surface area (Å²) in [6.45, 7) is 0. The molecule has 8 rings (SSSR count). The highest BCUT2D eigenvalue weighted by molar-refractivity contribution is 6.03. The number of rotatable bonds is 5. The zero-order chi connectivity index (χ0) is 26.5. The van der Waals surface area contributed by atoms with Crippen LogP contribution in [-0.4, -0.2) is 38.2 Å². The molecule has 8 heteroatoms. The van der Waals surface area contributed by atoms with Crippen molar-refractivity contribution < 1.29 is 0 Å². The molecule has 0 aliphatic heterocycles. The average Bonchev–Trinajstić information content (AvgIpc) is 3.84. The molecular weight excluding hydrogens is 496 g/mol. The lowest BCUT2D eigenvalue weighted by Gasteiger charge is -2.17. The number of fused-ring (bicyclic) bond motifs is 2. The molecule has 0 spiro atoms. The molecule has 0 saturated heterocycles. The Morgan fingerprint density at radius 2 is 0.750 bits per heavy atom. The van der Waals surface area contributed by atoms with Crippen LogP contribution in [0.3, 0.4) is 0 Å². The standard InChI is InChI=1S/C32H22N8/c1-3-25-27(29(5-1)37-11-7-33-19-37)15-23(17-31(25)39-13-9-35-21-39)24-16-28-26(32(18-24)40-14-10-36-22-40)4-2-6-30(28)38-12-8-34-20-38/h1-22H. The van der Waals surface area contributed by atoms with Crippen LogP contribution in [-0.2, 0) is 0 Å². The summed E-state index contributed by atoms with van der Waals surface area (Å²) in [6.07, 6.45) is 22.5. The summed E-state index contributed by atoms with van der Waals surface area (Å²) in [5.74, 6) is 0. The lowest BCUT2D eigenvalue weighted by Crippen LogP contribution is -1.99. The van der Waals surface area contributed by atoms with Crippen molar-refractivity contribution in [2.75, 3.05) is 0 Å². The van der Waals surface area contributed by atoms with Crippen LogP contribution in [0.1, 0.15) is 0 Å². The highest BCUT2D eigenvalue weighted by Gasteiger charge is 2.15. The van der Waals surface area contributed by atoms with E-state index in [4.69, 9.17) is 0 Å². The highest BCUT2D eigenvalue weighted by Crippen LogP contribution is 2.37. The van der Waals surface area contributed by atoms with Gasteiger partial charge in [0.05, 0.1) is 48.1 Å². The van der Waals surface area contributed by atoms with Crippen LogP contribution in [0.4, 0.5) is 0 Å². The fourth-order valence-electron chi connectivity index (χ4n) is 5.52. The minimum Gasteiger partial charge on any atom is -0.306 e. The Labute approximate surface area is 229 Å². The molecule has 0 unspecified atom stereocenters. The largest absolute Gasteiger partial charge is 0.306 e. The van der Waals surface area contributed by atoms with Crippen molar-refractivity contribution in [2.45, 2.75) is 0 Å². The van der Waals surface area contributed by atoms with E-state index in [1.54, 1.807) is 12.4 Å². The zero-order valence-corrected chi connectivity index (χ0v) is 21.3. The van der Waals surface area contributed by atoms with E-state index in [1.807, 2.05) is 62.5 Å². The predicted molar refractivity (Wildman–Crippen MR) is 155 cm³/mol. The normalized spacial score (nSPS) is 11.5. The molecule has 0 fully saturated rings. The second-order valence-corrected chi connectivity index (χ2v) is 9.62. The zero-order valence-electron chi connectivity index (χ0n) is 21.3. The van der Waals surface area contributed by atoms with E-state index in [9.17, 15) is 0 Å². The summed E-state index contributed by atoms with van der Waals surface area (Å²) in [6, 6.07) is 21.7. The first-order chi connectivity index (χ1) is 19.8. The Morgan fingerprint density at radius 1 is 0.375 bits per heavy atom. The van der Waals surface area contributed by atoms with Gasteiger partial charge in [0.1, 0.15) is 0 Å². The Balaban J connectivity index is 1.46. The third kappa shape index (κ3) is 3.54. The molecular formula is C32H22N8. The quantitative estimate of drug-likeness (QED) is 0.264. The molecule has 8 nitrogen and oxygen atoms in total. The van der Waals surface area contributed by atoms with E-state index in [0.717, 1.165) is 55.4 Å². The van der Waals surface area contributed by atoms with E-state index in [1.165, 1.54) is 0 Å². The third-order valence-electron chi connectivity index (χ3n) is 7.37. The van der Waals surface area contributed by atoms with Gasteiger partial charge in [0, 0.05) is 71.1 Å². The molecule has 4 aromatic carbocycles. The number of imidazole rings is 4. The van der Waals surface area contributed by atoms with Crippen LogP contribution in [0.15, 0.2) is 136 Å². The van der Waals surface area contributed by atoms with E-state index < -0.39 is 0 Å². The minimum atomic E-state index is 1.05. The fraction of sp³-hybridized carbons (Fsp3) is 0. The average molecular weight is 519 g/mol. The van der Waals surface area contributed by atoms with Crippen molar-refractivity contribution in [3.63, 3.8) is 0 Å². The third-order valence-corrected chi connectivity index (χ3v) is 7.37. The first-order valence-corrected chi connectivity index (χ1v) is 12.9. The monoisotopic (exact) mass is 518 g/mol. The van der Waals surface area contributed by atoms with Gasteiger partial charge in [0.25, 0.3) is 0 Å². The first kappa shape index (κ1) is 22.2. The van der Waals surface area contributed by atoms with Gasteiger partial charge in [-0.15, -0.1) is 0 Å². The molecule has 0 amide bonds. The molecule has 0 N–H and O–H groups in total. The summed E-state index contributed by atoms with van der Waals surface area (Å²) in [5, 5.41) is 4.49. The molecule has 0 bridgehead atoms. The van der Waals surface area contributed by atoms with Crippen molar-refractivity contribution in [3.05, 3.63) is 136 Å². The molecule has 0 saturated carbocycles. The maximum atomic E-state index is 4.34. The SMILES string of the molecule is c1cc(-n2ccnc2)c2cc(-c3cc(-n4ccnc4)c4cccc(-n5ccnc5)c4c3)cc(-n3ccnc3)c2c1.